The molecular formula is C23H17N3O3. The number of nitrogens with zero attached hydrogens (tertiary/aromatic N) is 3. The highest BCUT2D eigenvalue weighted by Crippen LogP contribution is 2.32. The lowest BCUT2D eigenvalue weighted by Crippen LogP contribution is -2.01. The first-order valence-electron chi connectivity index (χ1n) is 8.93. The summed E-state index contributed by atoms with van der Waals surface area (Å²) >= 11 is 0. The zero-order valence-electron chi connectivity index (χ0n) is 15.6. The molecular weight excluding hydrogens is 366 g/mol. The van der Waals surface area contributed by atoms with E-state index in [4.69, 9.17) is 4.74 Å². The van der Waals surface area contributed by atoms with Crippen molar-refractivity contribution in [2.45, 2.75) is 0 Å². The summed E-state index contributed by atoms with van der Waals surface area (Å²) < 4.78 is 5.15. The number of hydrogen-bond donors (Lipinski definition) is 1. The Balaban J connectivity index is 1.95. The highest BCUT2D eigenvalue weighted by Gasteiger charge is 2.16. The topological polar surface area (TPSA) is 85.2 Å². The predicted octanol–water partition coefficient (Wildman–Crippen LogP) is 4.40. The van der Waals surface area contributed by atoms with Crippen LogP contribution in [0, 0.1) is 0 Å². The highest BCUT2D eigenvalue weighted by molar-refractivity contribution is 5.86. The second kappa shape index (κ2) is 7.90. The largest absolute Gasteiger partial charge is 0.507 e. The second-order valence-electron chi connectivity index (χ2n) is 6.26. The monoisotopic (exact) mass is 383 g/mol. The second-order valence-corrected chi connectivity index (χ2v) is 6.26. The summed E-state index contributed by atoms with van der Waals surface area (Å²) in [6.45, 7) is 0. The van der Waals surface area contributed by atoms with Gasteiger partial charge in [-0.1, -0.05) is 54.6 Å². The Bertz CT molecular complexity index is 1180. The summed E-state index contributed by atoms with van der Waals surface area (Å²) in [6, 6.07) is 21.5. The minimum absolute atomic E-state index is 0.0100. The van der Waals surface area contributed by atoms with Gasteiger partial charge in [-0.25, -0.2) is 15.0 Å². The summed E-state index contributed by atoms with van der Waals surface area (Å²) in [5.41, 5.74) is 2.31. The van der Waals surface area contributed by atoms with Gasteiger partial charge in [-0.3, -0.25) is 4.79 Å². The minimum atomic E-state index is -0.0100. The number of rotatable bonds is 5. The Hall–Kier alpha value is -4.06. The fourth-order valence-corrected chi connectivity index (χ4v) is 2.96. The molecule has 0 saturated carbocycles. The molecule has 4 aromatic rings. The lowest BCUT2D eigenvalue weighted by molar-refractivity contribution is 0.112. The van der Waals surface area contributed by atoms with Crippen LogP contribution >= 0.6 is 0 Å². The third-order valence-electron chi connectivity index (χ3n) is 4.44. The zero-order chi connectivity index (χ0) is 20.2. The van der Waals surface area contributed by atoms with E-state index in [2.05, 4.69) is 15.0 Å². The molecule has 0 radical (unpaired) electrons. The van der Waals surface area contributed by atoms with E-state index in [1.807, 2.05) is 36.4 Å². The Morgan fingerprint density at radius 2 is 1.45 bits per heavy atom. The Morgan fingerprint density at radius 1 is 0.793 bits per heavy atom. The fraction of sp³-hybridized carbons (Fsp3) is 0.0435. The van der Waals surface area contributed by atoms with Gasteiger partial charge in [-0.15, -0.1) is 0 Å². The van der Waals surface area contributed by atoms with Crippen LogP contribution in [0.5, 0.6) is 11.5 Å². The molecule has 0 unspecified atom stereocenters. The van der Waals surface area contributed by atoms with Crippen LogP contribution in [-0.4, -0.2) is 33.5 Å². The van der Waals surface area contributed by atoms with Gasteiger partial charge >= 0.3 is 0 Å². The van der Waals surface area contributed by atoms with E-state index in [1.165, 1.54) is 13.2 Å². The predicted molar refractivity (Wildman–Crippen MR) is 110 cm³/mol. The van der Waals surface area contributed by atoms with Crippen molar-refractivity contribution >= 4 is 6.29 Å². The lowest BCUT2D eigenvalue weighted by atomic mass is 10.1. The molecule has 0 aliphatic rings. The van der Waals surface area contributed by atoms with Crippen molar-refractivity contribution in [3.8, 4) is 45.7 Å². The number of aromatic nitrogens is 3. The van der Waals surface area contributed by atoms with Crippen molar-refractivity contribution < 1.29 is 14.6 Å². The molecule has 0 saturated heterocycles. The van der Waals surface area contributed by atoms with Crippen molar-refractivity contribution in [3.63, 3.8) is 0 Å². The molecule has 142 valence electrons. The van der Waals surface area contributed by atoms with Gasteiger partial charge in [-0.2, -0.15) is 0 Å². The number of aldehydes is 1. The molecule has 6 heteroatoms. The standard InChI is InChI=1S/C23H17N3O3/c1-29-17-11-12-19(20(28)13-17)23-25-21(15-7-3-2-4-8-15)24-22(26-23)18-10-6-5-9-16(18)14-27/h2-14,28H,1H3. The third-order valence-corrected chi connectivity index (χ3v) is 4.44. The molecule has 6 nitrogen and oxygen atoms in total. The number of methoxy groups -OCH3 is 1. The van der Waals surface area contributed by atoms with E-state index < -0.39 is 0 Å². The third kappa shape index (κ3) is 3.68. The van der Waals surface area contributed by atoms with E-state index in [0.29, 0.717) is 39.9 Å². The molecule has 0 atom stereocenters. The molecule has 29 heavy (non-hydrogen) atoms. The highest BCUT2D eigenvalue weighted by atomic mass is 16.5. The van der Waals surface area contributed by atoms with Crippen molar-refractivity contribution in [3.05, 3.63) is 78.4 Å². The van der Waals surface area contributed by atoms with Crippen LogP contribution in [0.25, 0.3) is 34.2 Å². The number of phenolic OH excluding ortho intramolecular Hbond substituents is 1. The number of hydrogen-bond acceptors (Lipinski definition) is 6. The van der Waals surface area contributed by atoms with Gasteiger partial charge in [0.25, 0.3) is 0 Å². The number of carbonyl (C=O) groups excluding carboxylic acids is 1. The van der Waals surface area contributed by atoms with Gasteiger partial charge in [0.05, 0.1) is 12.7 Å². The Morgan fingerprint density at radius 3 is 2.14 bits per heavy atom. The maximum Gasteiger partial charge on any atom is 0.167 e. The van der Waals surface area contributed by atoms with Crippen LogP contribution in [0.4, 0.5) is 0 Å². The van der Waals surface area contributed by atoms with Gasteiger partial charge in [0, 0.05) is 22.8 Å². The van der Waals surface area contributed by atoms with E-state index in [1.54, 1.807) is 30.3 Å². The maximum atomic E-state index is 11.5. The normalized spacial score (nSPS) is 10.5. The molecule has 1 N–H and O–H groups in total. The molecule has 4 rings (SSSR count). The fourth-order valence-electron chi connectivity index (χ4n) is 2.96. The van der Waals surface area contributed by atoms with Crippen LogP contribution in [-0.2, 0) is 0 Å². The van der Waals surface area contributed by atoms with Crippen molar-refractivity contribution in [2.24, 2.45) is 0 Å². The summed E-state index contributed by atoms with van der Waals surface area (Å²) in [4.78, 5) is 25.2. The average molecular weight is 383 g/mol. The molecule has 3 aromatic carbocycles. The first-order chi connectivity index (χ1) is 14.2. The summed E-state index contributed by atoms with van der Waals surface area (Å²) in [5.74, 6) is 1.61. The van der Waals surface area contributed by atoms with Gasteiger partial charge in [-0.05, 0) is 12.1 Å². The van der Waals surface area contributed by atoms with Crippen LogP contribution in [0.1, 0.15) is 10.4 Å². The first-order valence-corrected chi connectivity index (χ1v) is 8.93. The summed E-state index contributed by atoms with van der Waals surface area (Å²) in [5, 5.41) is 10.5. The minimum Gasteiger partial charge on any atom is -0.507 e. The Labute approximate surface area is 167 Å². The van der Waals surface area contributed by atoms with Crippen LogP contribution < -0.4 is 4.74 Å². The molecule has 0 aliphatic carbocycles. The quantitative estimate of drug-likeness (QED) is 0.514. The molecule has 1 heterocycles. The van der Waals surface area contributed by atoms with E-state index in [0.717, 1.165) is 11.8 Å². The number of phenols is 1. The molecule has 0 spiro atoms. The van der Waals surface area contributed by atoms with Crippen LogP contribution in [0.2, 0.25) is 0 Å². The average Bonchev–Trinajstić information content (AvgIpc) is 2.79. The van der Waals surface area contributed by atoms with Crippen LogP contribution in [0.15, 0.2) is 72.8 Å². The van der Waals surface area contributed by atoms with Crippen LogP contribution in [0.3, 0.4) is 0 Å². The Kier molecular flexibility index (Phi) is 4.99. The van der Waals surface area contributed by atoms with Gasteiger partial charge in [0.15, 0.2) is 23.8 Å². The van der Waals surface area contributed by atoms with E-state index >= 15 is 0 Å². The number of carbonyl (C=O) groups is 1. The van der Waals surface area contributed by atoms with Gasteiger partial charge < -0.3 is 9.84 Å². The molecule has 0 fully saturated rings. The first kappa shape index (κ1) is 18.3. The number of aromatic hydroxyl groups is 1. The van der Waals surface area contributed by atoms with E-state index in [9.17, 15) is 9.90 Å². The van der Waals surface area contributed by atoms with E-state index in [-0.39, 0.29) is 5.75 Å². The lowest BCUT2D eigenvalue weighted by Gasteiger charge is -2.11. The summed E-state index contributed by atoms with van der Waals surface area (Å²) in [6.07, 6.45) is 0.770. The van der Waals surface area contributed by atoms with Crippen molar-refractivity contribution in [1.29, 1.82) is 0 Å². The maximum absolute atomic E-state index is 11.5. The summed E-state index contributed by atoms with van der Waals surface area (Å²) in [7, 11) is 1.53. The molecule has 1 aromatic heterocycles. The number of ether oxygens (including phenoxy) is 1. The SMILES string of the molecule is COc1ccc(-c2nc(-c3ccccc3)nc(-c3ccccc3C=O)n2)c(O)c1. The van der Waals surface area contributed by atoms with Crippen molar-refractivity contribution in [1.82, 2.24) is 15.0 Å². The molecule has 0 bridgehead atoms. The molecule has 0 aliphatic heterocycles. The smallest absolute Gasteiger partial charge is 0.167 e. The molecule has 0 amide bonds. The van der Waals surface area contributed by atoms with Gasteiger partial charge in [0.2, 0.25) is 0 Å². The van der Waals surface area contributed by atoms with Crippen molar-refractivity contribution in [2.75, 3.05) is 7.11 Å². The number of benzene rings is 3. The zero-order valence-corrected chi connectivity index (χ0v) is 15.6. The van der Waals surface area contributed by atoms with Gasteiger partial charge in [0.1, 0.15) is 11.5 Å².